The zero-order chi connectivity index (χ0) is 13.3. The van der Waals surface area contributed by atoms with Gasteiger partial charge in [-0.25, -0.2) is 4.39 Å². The highest BCUT2D eigenvalue weighted by Gasteiger charge is 2.43. The SMILES string of the molecule is NC1(C(=O)O)CCN(C(=O)c2cncc(F)c2)C1. The Hall–Kier alpha value is -2.02. The topological polar surface area (TPSA) is 96.5 Å². The van der Waals surface area contributed by atoms with Crippen LogP contribution in [-0.2, 0) is 4.79 Å². The normalized spacial score (nSPS) is 23.1. The van der Waals surface area contributed by atoms with Crippen molar-refractivity contribution < 1.29 is 19.1 Å². The number of aromatic nitrogens is 1. The van der Waals surface area contributed by atoms with E-state index in [9.17, 15) is 14.0 Å². The largest absolute Gasteiger partial charge is 0.480 e. The van der Waals surface area contributed by atoms with Gasteiger partial charge in [-0.2, -0.15) is 0 Å². The molecule has 0 saturated carbocycles. The lowest BCUT2D eigenvalue weighted by Crippen LogP contribution is -2.50. The van der Waals surface area contributed by atoms with Gasteiger partial charge in [-0.1, -0.05) is 0 Å². The number of likely N-dealkylation sites (tertiary alicyclic amines) is 1. The number of rotatable bonds is 2. The molecule has 1 aromatic heterocycles. The first kappa shape index (κ1) is 12.4. The van der Waals surface area contributed by atoms with Gasteiger partial charge in [0, 0.05) is 19.3 Å². The summed E-state index contributed by atoms with van der Waals surface area (Å²) in [5, 5.41) is 8.95. The van der Waals surface area contributed by atoms with E-state index in [1.807, 2.05) is 0 Å². The molecule has 6 nitrogen and oxygen atoms in total. The molecule has 0 bridgehead atoms. The number of nitrogens with two attached hydrogens (primary N) is 1. The molecule has 0 radical (unpaired) electrons. The monoisotopic (exact) mass is 253 g/mol. The number of nitrogens with zero attached hydrogens (tertiary/aromatic N) is 2. The Kier molecular flexibility index (Phi) is 3.00. The number of amides is 1. The van der Waals surface area contributed by atoms with Gasteiger partial charge in [-0.05, 0) is 12.5 Å². The van der Waals surface area contributed by atoms with Crippen LogP contribution in [0, 0.1) is 5.82 Å². The van der Waals surface area contributed by atoms with Crippen LogP contribution in [0.15, 0.2) is 18.5 Å². The van der Waals surface area contributed by atoms with Crippen LogP contribution in [0.3, 0.4) is 0 Å². The van der Waals surface area contributed by atoms with E-state index in [1.165, 1.54) is 11.1 Å². The zero-order valence-electron chi connectivity index (χ0n) is 9.47. The van der Waals surface area contributed by atoms with Gasteiger partial charge >= 0.3 is 5.97 Å². The summed E-state index contributed by atoms with van der Waals surface area (Å²) < 4.78 is 12.9. The standard InChI is InChI=1S/C11H12FN3O3/c12-8-3-7(4-14-5-8)9(16)15-2-1-11(13,6-15)10(17)18/h3-5H,1-2,6,13H2,(H,17,18). The minimum absolute atomic E-state index is 0.0856. The van der Waals surface area contributed by atoms with Gasteiger partial charge in [0.2, 0.25) is 0 Å². The summed E-state index contributed by atoms with van der Waals surface area (Å²) in [6, 6.07) is 1.06. The van der Waals surface area contributed by atoms with E-state index in [0.29, 0.717) is 0 Å². The lowest BCUT2D eigenvalue weighted by Gasteiger charge is -2.20. The molecule has 1 atom stereocenters. The van der Waals surface area contributed by atoms with Crippen molar-refractivity contribution in [2.75, 3.05) is 13.1 Å². The van der Waals surface area contributed by atoms with Gasteiger partial charge < -0.3 is 15.7 Å². The van der Waals surface area contributed by atoms with Crippen molar-refractivity contribution >= 4 is 11.9 Å². The van der Waals surface area contributed by atoms with Crippen LogP contribution in [0.4, 0.5) is 4.39 Å². The van der Waals surface area contributed by atoms with Crippen LogP contribution in [0.2, 0.25) is 0 Å². The van der Waals surface area contributed by atoms with Crippen molar-refractivity contribution in [3.05, 3.63) is 29.8 Å². The van der Waals surface area contributed by atoms with Crippen molar-refractivity contribution in [2.24, 2.45) is 5.73 Å². The third kappa shape index (κ3) is 2.17. The number of pyridine rings is 1. The lowest BCUT2D eigenvalue weighted by atomic mass is 10.0. The summed E-state index contributed by atoms with van der Waals surface area (Å²) in [7, 11) is 0. The molecule has 0 aromatic carbocycles. The maximum absolute atomic E-state index is 12.9. The fourth-order valence-corrected chi connectivity index (χ4v) is 1.89. The Labute approximate surface area is 102 Å². The molecule has 96 valence electrons. The highest BCUT2D eigenvalue weighted by molar-refractivity contribution is 5.95. The molecule has 2 heterocycles. The van der Waals surface area contributed by atoms with Crippen LogP contribution >= 0.6 is 0 Å². The number of halogens is 1. The molecule has 0 spiro atoms. The molecule has 3 N–H and O–H groups in total. The molecular weight excluding hydrogens is 241 g/mol. The predicted molar refractivity (Wildman–Crippen MR) is 59.3 cm³/mol. The fourth-order valence-electron chi connectivity index (χ4n) is 1.89. The highest BCUT2D eigenvalue weighted by Crippen LogP contribution is 2.21. The van der Waals surface area contributed by atoms with Crippen molar-refractivity contribution in [3.63, 3.8) is 0 Å². The molecule has 1 saturated heterocycles. The third-order valence-corrected chi connectivity index (χ3v) is 2.97. The number of carbonyl (C=O) groups excluding carboxylic acids is 1. The van der Waals surface area contributed by atoms with E-state index in [1.54, 1.807) is 0 Å². The fraction of sp³-hybridized carbons (Fsp3) is 0.364. The van der Waals surface area contributed by atoms with Crippen LogP contribution in [0.1, 0.15) is 16.8 Å². The average Bonchev–Trinajstić information content (AvgIpc) is 2.72. The number of carbonyl (C=O) groups is 2. The first-order valence-electron chi connectivity index (χ1n) is 5.34. The number of aliphatic carboxylic acids is 1. The van der Waals surface area contributed by atoms with Crippen LogP contribution in [0.5, 0.6) is 0 Å². The van der Waals surface area contributed by atoms with Crippen molar-refractivity contribution in [3.8, 4) is 0 Å². The maximum atomic E-state index is 12.9. The Balaban J connectivity index is 2.15. The minimum Gasteiger partial charge on any atom is -0.480 e. The number of hydrogen-bond acceptors (Lipinski definition) is 4. The molecule has 1 unspecified atom stereocenters. The van der Waals surface area contributed by atoms with Crippen LogP contribution < -0.4 is 5.73 Å². The van der Waals surface area contributed by atoms with Gasteiger partial charge in [0.25, 0.3) is 5.91 Å². The molecule has 1 aliphatic rings. The van der Waals surface area contributed by atoms with Crippen molar-refractivity contribution in [2.45, 2.75) is 12.0 Å². The maximum Gasteiger partial charge on any atom is 0.325 e. The second-order valence-corrected chi connectivity index (χ2v) is 4.33. The van der Waals surface area contributed by atoms with Crippen molar-refractivity contribution in [1.29, 1.82) is 0 Å². The molecule has 1 fully saturated rings. The summed E-state index contributed by atoms with van der Waals surface area (Å²) in [6.45, 7) is 0.149. The molecule has 7 heteroatoms. The van der Waals surface area contributed by atoms with E-state index in [2.05, 4.69) is 4.98 Å². The molecule has 18 heavy (non-hydrogen) atoms. The first-order valence-corrected chi connectivity index (χ1v) is 5.34. The molecule has 1 aromatic rings. The van der Waals surface area contributed by atoms with E-state index in [0.717, 1.165) is 12.3 Å². The van der Waals surface area contributed by atoms with Crippen molar-refractivity contribution in [1.82, 2.24) is 9.88 Å². The van der Waals surface area contributed by atoms with Gasteiger partial charge in [0.05, 0.1) is 11.8 Å². The molecule has 1 amide bonds. The van der Waals surface area contributed by atoms with E-state index in [-0.39, 0.29) is 25.1 Å². The van der Waals surface area contributed by atoms with E-state index < -0.39 is 23.2 Å². The Morgan fingerprint density at radius 1 is 1.50 bits per heavy atom. The molecule has 0 aliphatic carbocycles. The quantitative estimate of drug-likeness (QED) is 0.764. The van der Waals surface area contributed by atoms with Crippen LogP contribution in [0.25, 0.3) is 0 Å². The summed E-state index contributed by atoms with van der Waals surface area (Å²) >= 11 is 0. The van der Waals surface area contributed by atoms with Gasteiger partial charge in [-0.15, -0.1) is 0 Å². The van der Waals surface area contributed by atoms with E-state index >= 15 is 0 Å². The van der Waals surface area contributed by atoms with Gasteiger partial charge in [0.1, 0.15) is 11.4 Å². The summed E-state index contributed by atoms with van der Waals surface area (Å²) in [6.07, 6.45) is 2.41. The summed E-state index contributed by atoms with van der Waals surface area (Å²) in [4.78, 5) is 27.8. The predicted octanol–water partition coefficient (Wildman–Crippen LogP) is -0.151. The Bertz CT molecular complexity index is 508. The minimum atomic E-state index is -1.42. The van der Waals surface area contributed by atoms with Gasteiger partial charge in [0.15, 0.2) is 0 Å². The zero-order valence-corrected chi connectivity index (χ0v) is 9.47. The second kappa shape index (κ2) is 4.34. The highest BCUT2D eigenvalue weighted by atomic mass is 19.1. The Morgan fingerprint density at radius 3 is 2.78 bits per heavy atom. The second-order valence-electron chi connectivity index (χ2n) is 4.33. The summed E-state index contributed by atoms with van der Waals surface area (Å²) in [5.41, 5.74) is 4.32. The molecule has 2 rings (SSSR count). The number of hydrogen-bond donors (Lipinski definition) is 2. The van der Waals surface area contributed by atoms with Crippen LogP contribution in [-0.4, -0.2) is 45.5 Å². The number of carboxylic acids is 1. The van der Waals surface area contributed by atoms with E-state index in [4.69, 9.17) is 10.8 Å². The summed E-state index contributed by atoms with van der Waals surface area (Å²) in [5.74, 6) is -2.22. The van der Waals surface area contributed by atoms with Gasteiger partial charge in [-0.3, -0.25) is 14.6 Å². The molecular formula is C11H12FN3O3. The first-order chi connectivity index (χ1) is 8.42. The Morgan fingerprint density at radius 2 is 2.22 bits per heavy atom. The third-order valence-electron chi connectivity index (χ3n) is 2.97. The molecule has 1 aliphatic heterocycles. The lowest BCUT2D eigenvalue weighted by molar-refractivity contribution is -0.142. The average molecular weight is 253 g/mol. The smallest absolute Gasteiger partial charge is 0.325 e. The number of carboxylic acid groups (broad SMARTS) is 1.